The summed E-state index contributed by atoms with van der Waals surface area (Å²) in [6.07, 6.45) is 1.57. The van der Waals surface area contributed by atoms with Crippen molar-refractivity contribution in [3.05, 3.63) is 112 Å². The zero-order valence-corrected chi connectivity index (χ0v) is 23.2. The van der Waals surface area contributed by atoms with Gasteiger partial charge in [-0.1, -0.05) is 35.9 Å². The number of para-hydroxylation sites is 1. The molecule has 0 aliphatic carbocycles. The van der Waals surface area contributed by atoms with Gasteiger partial charge in [-0.3, -0.25) is 9.10 Å². The van der Waals surface area contributed by atoms with E-state index in [0.717, 1.165) is 26.9 Å². The molecule has 1 heterocycles. The van der Waals surface area contributed by atoms with Gasteiger partial charge in [-0.05, 0) is 93.4 Å². The largest absolute Gasteiger partial charge is 0.318 e. The molecule has 7 nitrogen and oxygen atoms in total. The van der Waals surface area contributed by atoms with E-state index in [4.69, 9.17) is 11.6 Å². The second-order valence-corrected chi connectivity index (χ2v) is 11.3. The van der Waals surface area contributed by atoms with E-state index in [0.29, 0.717) is 10.7 Å². The fourth-order valence-electron chi connectivity index (χ4n) is 4.16. The first kappa shape index (κ1) is 27.2. The molecule has 0 fully saturated rings. The number of benzene rings is 3. The van der Waals surface area contributed by atoms with Crippen LogP contribution in [0.4, 0.5) is 5.69 Å². The van der Waals surface area contributed by atoms with Crippen molar-refractivity contribution in [3.63, 3.8) is 0 Å². The molecule has 38 heavy (non-hydrogen) atoms. The molecule has 4 aromatic rings. The van der Waals surface area contributed by atoms with Crippen LogP contribution in [0.3, 0.4) is 0 Å². The fraction of sp³-hybridized carbons (Fsp3) is 0.172. The molecular weight excluding hydrogens is 520 g/mol. The fourth-order valence-corrected chi connectivity index (χ4v) is 5.71. The quantitative estimate of drug-likeness (QED) is 0.226. The van der Waals surface area contributed by atoms with Crippen LogP contribution >= 0.6 is 11.6 Å². The standard InChI is InChI=1S/C29H29ClN4O3S/c1-20-10-13-27(16-21(20)2)34-22(3)17-24(23(34)4)18-31-32-29(35)19-33(26-8-6-5-7-9-26)38(36,37)28-14-11-25(30)12-15-28/h5-18H,19H2,1-4H3,(H,32,35)/b31-18-. The number of aromatic nitrogens is 1. The molecular formula is C29H29ClN4O3S. The number of hydrazone groups is 1. The number of anilines is 1. The number of nitrogens with one attached hydrogen (secondary N) is 1. The van der Waals surface area contributed by atoms with Crippen molar-refractivity contribution in [2.75, 3.05) is 10.8 Å². The molecule has 9 heteroatoms. The van der Waals surface area contributed by atoms with Gasteiger partial charge in [-0.25, -0.2) is 13.8 Å². The van der Waals surface area contributed by atoms with Gasteiger partial charge in [0.2, 0.25) is 0 Å². The molecule has 0 aliphatic rings. The summed E-state index contributed by atoms with van der Waals surface area (Å²) in [5.41, 5.74) is 9.16. The van der Waals surface area contributed by atoms with Crippen molar-refractivity contribution >= 4 is 39.4 Å². The van der Waals surface area contributed by atoms with E-state index in [2.05, 4.69) is 47.1 Å². The Hall–Kier alpha value is -3.88. The number of hydrogen-bond acceptors (Lipinski definition) is 4. The first-order valence-corrected chi connectivity index (χ1v) is 13.8. The minimum atomic E-state index is -4.03. The van der Waals surface area contributed by atoms with Gasteiger partial charge in [0.1, 0.15) is 6.54 Å². The van der Waals surface area contributed by atoms with Crippen LogP contribution in [0.15, 0.2) is 88.9 Å². The third-order valence-corrected chi connectivity index (χ3v) is 8.38. The number of amides is 1. The van der Waals surface area contributed by atoms with Crippen LogP contribution in [0.2, 0.25) is 5.02 Å². The minimum Gasteiger partial charge on any atom is -0.318 e. The molecule has 1 amide bonds. The maximum Gasteiger partial charge on any atom is 0.264 e. The van der Waals surface area contributed by atoms with Crippen molar-refractivity contribution in [1.82, 2.24) is 9.99 Å². The van der Waals surface area contributed by atoms with Crippen molar-refractivity contribution in [3.8, 4) is 5.69 Å². The highest BCUT2D eigenvalue weighted by Gasteiger charge is 2.27. The maximum atomic E-state index is 13.4. The van der Waals surface area contributed by atoms with Gasteiger partial charge in [-0.15, -0.1) is 0 Å². The second kappa shape index (κ2) is 11.2. The van der Waals surface area contributed by atoms with Crippen LogP contribution < -0.4 is 9.73 Å². The lowest BCUT2D eigenvalue weighted by Crippen LogP contribution is -2.39. The van der Waals surface area contributed by atoms with E-state index in [-0.39, 0.29) is 4.90 Å². The molecule has 0 saturated carbocycles. The highest BCUT2D eigenvalue weighted by molar-refractivity contribution is 7.92. The Morgan fingerprint density at radius 1 is 0.947 bits per heavy atom. The Balaban J connectivity index is 1.54. The summed E-state index contributed by atoms with van der Waals surface area (Å²) in [6, 6.07) is 22.6. The molecule has 4 rings (SSSR count). The van der Waals surface area contributed by atoms with E-state index >= 15 is 0 Å². The smallest absolute Gasteiger partial charge is 0.264 e. The van der Waals surface area contributed by atoms with Crippen LogP contribution in [-0.4, -0.2) is 31.7 Å². The van der Waals surface area contributed by atoms with E-state index in [1.807, 2.05) is 19.9 Å². The predicted molar refractivity (Wildman–Crippen MR) is 153 cm³/mol. The van der Waals surface area contributed by atoms with Crippen molar-refractivity contribution < 1.29 is 13.2 Å². The van der Waals surface area contributed by atoms with Crippen molar-refractivity contribution in [1.29, 1.82) is 0 Å². The lowest BCUT2D eigenvalue weighted by atomic mass is 10.1. The van der Waals surface area contributed by atoms with Gasteiger partial charge in [0.15, 0.2) is 0 Å². The van der Waals surface area contributed by atoms with Crippen LogP contribution in [0.25, 0.3) is 5.69 Å². The monoisotopic (exact) mass is 548 g/mol. The molecule has 1 aromatic heterocycles. The van der Waals surface area contributed by atoms with E-state index in [1.165, 1.54) is 35.4 Å². The van der Waals surface area contributed by atoms with Gasteiger partial charge in [-0.2, -0.15) is 5.10 Å². The van der Waals surface area contributed by atoms with Crippen LogP contribution in [0.1, 0.15) is 28.1 Å². The normalized spacial score (nSPS) is 11.6. The molecule has 0 bridgehead atoms. The molecule has 0 saturated heterocycles. The summed E-state index contributed by atoms with van der Waals surface area (Å²) in [5.74, 6) is -0.578. The average molecular weight is 549 g/mol. The zero-order chi connectivity index (χ0) is 27.4. The van der Waals surface area contributed by atoms with Crippen molar-refractivity contribution in [2.24, 2.45) is 5.10 Å². The van der Waals surface area contributed by atoms with Crippen LogP contribution in [0, 0.1) is 27.7 Å². The molecule has 196 valence electrons. The van der Waals surface area contributed by atoms with E-state index in [1.54, 1.807) is 36.5 Å². The van der Waals surface area contributed by atoms with Gasteiger partial charge < -0.3 is 4.57 Å². The molecule has 0 atom stereocenters. The van der Waals surface area contributed by atoms with Crippen LogP contribution in [-0.2, 0) is 14.8 Å². The summed E-state index contributed by atoms with van der Waals surface area (Å²) < 4.78 is 30.0. The number of halogens is 1. The molecule has 3 aromatic carbocycles. The maximum absolute atomic E-state index is 13.4. The number of rotatable bonds is 8. The van der Waals surface area contributed by atoms with Gasteiger partial charge >= 0.3 is 0 Å². The van der Waals surface area contributed by atoms with Gasteiger partial charge in [0.25, 0.3) is 15.9 Å². The Bertz CT molecular complexity index is 1600. The summed E-state index contributed by atoms with van der Waals surface area (Å²) in [7, 11) is -4.03. The molecule has 0 radical (unpaired) electrons. The number of hydrogen-bond donors (Lipinski definition) is 1. The number of carbonyl (C=O) groups is 1. The Morgan fingerprint density at radius 3 is 2.29 bits per heavy atom. The van der Waals surface area contributed by atoms with Crippen molar-refractivity contribution in [2.45, 2.75) is 32.6 Å². The predicted octanol–water partition coefficient (Wildman–Crippen LogP) is 5.71. The first-order chi connectivity index (χ1) is 18.1. The minimum absolute atomic E-state index is 0.0286. The number of carbonyl (C=O) groups excluding carboxylic acids is 1. The lowest BCUT2D eigenvalue weighted by Gasteiger charge is -2.23. The summed E-state index contributed by atoms with van der Waals surface area (Å²) in [5, 5.41) is 4.53. The Morgan fingerprint density at radius 2 is 1.63 bits per heavy atom. The van der Waals surface area contributed by atoms with E-state index < -0.39 is 22.5 Å². The zero-order valence-electron chi connectivity index (χ0n) is 21.6. The first-order valence-electron chi connectivity index (χ1n) is 12.0. The third-order valence-electron chi connectivity index (χ3n) is 6.34. The number of aryl methyl sites for hydroxylation is 3. The molecule has 0 spiro atoms. The molecule has 0 aliphatic heterocycles. The highest BCUT2D eigenvalue weighted by atomic mass is 35.5. The van der Waals surface area contributed by atoms with Crippen LogP contribution in [0.5, 0.6) is 0 Å². The summed E-state index contributed by atoms with van der Waals surface area (Å²) in [4.78, 5) is 12.9. The second-order valence-electron chi connectivity index (χ2n) is 9.02. The molecule has 0 unspecified atom stereocenters. The third kappa shape index (κ3) is 5.82. The van der Waals surface area contributed by atoms with Gasteiger partial charge in [0.05, 0.1) is 16.8 Å². The molecule has 1 N–H and O–H groups in total. The lowest BCUT2D eigenvalue weighted by molar-refractivity contribution is -0.119. The number of nitrogens with zero attached hydrogens (tertiary/aromatic N) is 3. The Labute approximate surface area is 228 Å². The number of sulfonamides is 1. The van der Waals surface area contributed by atoms with Gasteiger partial charge in [0, 0.05) is 27.7 Å². The summed E-state index contributed by atoms with van der Waals surface area (Å²) in [6.45, 7) is 7.71. The topological polar surface area (TPSA) is 83.8 Å². The Kier molecular flexibility index (Phi) is 8.04. The van der Waals surface area contributed by atoms with E-state index in [9.17, 15) is 13.2 Å². The SMILES string of the molecule is Cc1ccc(-n2c(C)cc(/C=N\NC(=O)CN(c3ccccc3)S(=O)(=O)c3ccc(Cl)cc3)c2C)cc1C. The summed E-state index contributed by atoms with van der Waals surface area (Å²) >= 11 is 5.93. The average Bonchev–Trinajstić information content (AvgIpc) is 3.17. The highest BCUT2D eigenvalue weighted by Crippen LogP contribution is 2.25.